The number of aromatic nitrogens is 4. The van der Waals surface area contributed by atoms with Gasteiger partial charge in [-0.05, 0) is 66.4 Å². The van der Waals surface area contributed by atoms with Gasteiger partial charge in [0, 0.05) is 5.70 Å². The number of ether oxygens (including phenoxy) is 3. The van der Waals surface area contributed by atoms with Crippen LogP contribution in [0.5, 0.6) is 11.5 Å². The van der Waals surface area contributed by atoms with E-state index in [4.69, 9.17) is 14.2 Å². The summed E-state index contributed by atoms with van der Waals surface area (Å²) in [5.41, 5.74) is 4.16. The highest BCUT2D eigenvalue weighted by Crippen LogP contribution is 2.39. The van der Waals surface area contributed by atoms with Crippen LogP contribution in [0.3, 0.4) is 0 Å². The molecule has 2 heterocycles. The fourth-order valence-corrected chi connectivity index (χ4v) is 3.98. The number of benzene rings is 2. The van der Waals surface area contributed by atoms with Gasteiger partial charge >= 0.3 is 5.97 Å². The molecule has 1 aromatic heterocycles. The average Bonchev–Trinajstić information content (AvgIpc) is 3.31. The van der Waals surface area contributed by atoms with Crippen molar-refractivity contribution in [2.75, 3.05) is 18.5 Å². The summed E-state index contributed by atoms with van der Waals surface area (Å²) in [7, 11) is 0. The molecule has 0 aliphatic carbocycles. The fourth-order valence-electron chi connectivity index (χ4n) is 3.98. The van der Waals surface area contributed by atoms with Crippen molar-refractivity contribution in [3.63, 3.8) is 0 Å². The standard InChI is InChI=1S/C26H31N5O4/c1-5-7-14-34-25(32)23-18(4)27-26-28-29-30-31(26)24(23)19-12-13-21(22(15-19)33-6-2)35-16-20-11-9-8-10-17(20)3/h8-13,15,24H,5-7,14,16H2,1-4H3,(H,27,28,30). The minimum absolute atomic E-state index is 0.358. The number of fused-ring (bicyclic) bond motifs is 1. The van der Waals surface area contributed by atoms with Gasteiger partial charge in [0.1, 0.15) is 12.6 Å². The molecular weight excluding hydrogens is 446 g/mol. The monoisotopic (exact) mass is 477 g/mol. The molecule has 1 aliphatic rings. The Morgan fingerprint density at radius 1 is 1.09 bits per heavy atom. The first-order valence-electron chi connectivity index (χ1n) is 11.9. The lowest BCUT2D eigenvalue weighted by Crippen LogP contribution is -2.30. The predicted octanol–water partition coefficient (Wildman–Crippen LogP) is 4.59. The first-order chi connectivity index (χ1) is 17.0. The van der Waals surface area contributed by atoms with Gasteiger partial charge in [0.2, 0.25) is 5.95 Å². The van der Waals surface area contributed by atoms with Crippen LogP contribution >= 0.6 is 0 Å². The van der Waals surface area contributed by atoms with E-state index in [-0.39, 0.29) is 0 Å². The molecule has 35 heavy (non-hydrogen) atoms. The van der Waals surface area contributed by atoms with Crippen LogP contribution in [0.25, 0.3) is 0 Å². The molecular formula is C26H31N5O4. The van der Waals surface area contributed by atoms with E-state index in [2.05, 4.69) is 40.8 Å². The lowest BCUT2D eigenvalue weighted by molar-refractivity contribution is -0.139. The molecule has 1 atom stereocenters. The van der Waals surface area contributed by atoms with E-state index >= 15 is 0 Å². The maximum absolute atomic E-state index is 13.1. The molecule has 1 N–H and O–H groups in total. The topological polar surface area (TPSA) is 100 Å². The van der Waals surface area contributed by atoms with E-state index in [1.54, 1.807) is 4.68 Å². The second kappa shape index (κ2) is 11.0. The molecule has 9 heteroatoms. The van der Waals surface area contributed by atoms with E-state index in [0.29, 0.717) is 48.5 Å². The van der Waals surface area contributed by atoms with Crippen LogP contribution < -0.4 is 14.8 Å². The number of carbonyl (C=O) groups excluding carboxylic acids is 1. The largest absolute Gasteiger partial charge is 0.490 e. The van der Waals surface area contributed by atoms with Crippen molar-refractivity contribution in [2.45, 2.75) is 53.2 Å². The van der Waals surface area contributed by atoms with Crippen molar-refractivity contribution < 1.29 is 19.0 Å². The molecule has 1 aliphatic heterocycles. The molecule has 0 bridgehead atoms. The number of unbranched alkanes of at least 4 members (excludes halogenated alkanes) is 1. The third kappa shape index (κ3) is 5.29. The smallest absolute Gasteiger partial charge is 0.338 e. The van der Waals surface area contributed by atoms with Gasteiger partial charge in [0.15, 0.2) is 11.5 Å². The molecule has 1 unspecified atom stereocenters. The predicted molar refractivity (Wildman–Crippen MR) is 131 cm³/mol. The molecule has 9 nitrogen and oxygen atoms in total. The van der Waals surface area contributed by atoms with E-state index in [1.807, 2.05) is 50.2 Å². The number of nitrogens with zero attached hydrogens (tertiary/aromatic N) is 4. The molecule has 0 radical (unpaired) electrons. The molecule has 184 valence electrons. The first kappa shape index (κ1) is 24.3. The quantitative estimate of drug-likeness (QED) is 0.334. The van der Waals surface area contributed by atoms with Gasteiger partial charge < -0.3 is 19.5 Å². The molecule has 0 spiro atoms. The number of hydrogen-bond acceptors (Lipinski definition) is 8. The van der Waals surface area contributed by atoms with Gasteiger partial charge in [-0.2, -0.15) is 4.68 Å². The average molecular weight is 478 g/mol. The summed E-state index contributed by atoms with van der Waals surface area (Å²) in [4.78, 5) is 13.1. The van der Waals surface area contributed by atoms with Crippen molar-refractivity contribution in [2.24, 2.45) is 0 Å². The number of esters is 1. The highest BCUT2D eigenvalue weighted by Gasteiger charge is 2.35. The summed E-state index contributed by atoms with van der Waals surface area (Å²) in [5, 5.41) is 15.1. The highest BCUT2D eigenvalue weighted by molar-refractivity contribution is 5.92. The number of carbonyl (C=O) groups is 1. The molecule has 4 rings (SSSR count). The van der Waals surface area contributed by atoms with Gasteiger partial charge in [0.25, 0.3) is 0 Å². The zero-order valence-corrected chi connectivity index (χ0v) is 20.6. The number of allylic oxidation sites excluding steroid dienone is 1. The zero-order valence-electron chi connectivity index (χ0n) is 20.6. The first-order valence-corrected chi connectivity index (χ1v) is 11.9. The Bertz CT molecular complexity index is 1220. The number of rotatable bonds is 10. The number of tetrazole rings is 1. The number of hydrogen-bond donors (Lipinski definition) is 1. The Hall–Kier alpha value is -3.88. The summed E-state index contributed by atoms with van der Waals surface area (Å²) in [6.07, 6.45) is 1.74. The second-order valence-electron chi connectivity index (χ2n) is 8.36. The van der Waals surface area contributed by atoms with Crippen molar-refractivity contribution in [1.29, 1.82) is 0 Å². The van der Waals surface area contributed by atoms with Crippen LogP contribution in [-0.2, 0) is 16.1 Å². The number of nitrogens with one attached hydrogen (secondary N) is 1. The Morgan fingerprint density at radius 2 is 1.91 bits per heavy atom. The lowest BCUT2D eigenvalue weighted by atomic mass is 9.95. The van der Waals surface area contributed by atoms with Crippen LogP contribution in [0, 0.1) is 6.92 Å². The summed E-state index contributed by atoms with van der Waals surface area (Å²) in [6, 6.07) is 13.2. The molecule has 0 fully saturated rings. The Labute approximate surface area is 205 Å². The van der Waals surface area contributed by atoms with Crippen LogP contribution in [0.4, 0.5) is 5.95 Å². The Kier molecular flexibility index (Phi) is 7.64. The molecule has 3 aromatic rings. The van der Waals surface area contributed by atoms with Gasteiger partial charge in [-0.15, -0.1) is 0 Å². The van der Waals surface area contributed by atoms with E-state index in [0.717, 1.165) is 29.5 Å². The normalized spacial score (nSPS) is 14.8. The summed E-state index contributed by atoms with van der Waals surface area (Å²) in [5.74, 6) is 1.27. The summed E-state index contributed by atoms with van der Waals surface area (Å²) >= 11 is 0. The van der Waals surface area contributed by atoms with Crippen molar-refractivity contribution in [1.82, 2.24) is 20.2 Å². The molecule has 0 saturated carbocycles. The lowest BCUT2D eigenvalue weighted by Gasteiger charge is -2.28. The van der Waals surface area contributed by atoms with Crippen LogP contribution in [0.2, 0.25) is 0 Å². The number of aryl methyl sites for hydroxylation is 1. The molecule has 0 saturated heterocycles. The maximum atomic E-state index is 13.1. The van der Waals surface area contributed by atoms with Crippen LogP contribution in [0.15, 0.2) is 53.7 Å². The maximum Gasteiger partial charge on any atom is 0.338 e. The zero-order chi connectivity index (χ0) is 24.8. The Morgan fingerprint density at radius 3 is 2.69 bits per heavy atom. The summed E-state index contributed by atoms with van der Waals surface area (Å²) < 4.78 is 19.2. The highest BCUT2D eigenvalue weighted by atomic mass is 16.5. The SMILES string of the molecule is CCCCOC(=O)C1=C(C)Nc2nnnn2C1c1ccc(OCc2ccccc2C)c(OCC)c1. The van der Waals surface area contributed by atoms with Gasteiger partial charge in [-0.25, -0.2) is 4.79 Å². The Balaban J connectivity index is 1.67. The van der Waals surface area contributed by atoms with E-state index < -0.39 is 12.0 Å². The summed E-state index contributed by atoms with van der Waals surface area (Å²) in [6.45, 7) is 9.10. The van der Waals surface area contributed by atoms with Gasteiger partial charge in [-0.1, -0.05) is 48.8 Å². The van der Waals surface area contributed by atoms with Crippen molar-refractivity contribution >= 4 is 11.9 Å². The molecule has 2 aromatic carbocycles. The van der Waals surface area contributed by atoms with Gasteiger partial charge in [-0.3, -0.25) is 0 Å². The van der Waals surface area contributed by atoms with Crippen molar-refractivity contribution in [3.8, 4) is 11.5 Å². The molecule has 0 amide bonds. The van der Waals surface area contributed by atoms with Crippen LogP contribution in [0.1, 0.15) is 56.3 Å². The second-order valence-corrected chi connectivity index (χ2v) is 8.36. The van der Waals surface area contributed by atoms with Crippen molar-refractivity contribution in [3.05, 3.63) is 70.4 Å². The van der Waals surface area contributed by atoms with Gasteiger partial charge in [0.05, 0.1) is 18.8 Å². The fraction of sp³-hybridized carbons (Fsp3) is 0.385. The minimum Gasteiger partial charge on any atom is -0.490 e. The number of anilines is 1. The van der Waals surface area contributed by atoms with E-state index in [1.165, 1.54) is 0 Å². The van der Waals surface area contributed by atoms with Crippen LogP contribution in [-0.4, -0.2) is 39.4 Å². The third-order valence-electron chi connectivity index (χ3n) is 5.89. The minimum atomic E-state index is -0.569. The third-order valence-corrected chi connectivity index (χ3v) is 5.89. The van der Waals surface area contributed by atoms with E-state index in [9.17, 15) is 4.79 Å².